The molecule has 0 aliphatic carbocycles. The molecule has 15 heteroatoms. The average molecular weight is 548 g/mol. The fourth-order valence-corrected chi connectivity index (χ4v) is 4.17. The first kappa shape index (κ1) is 27.3. The Kier molecular flexibility index (Phi) is 7.28. The third-order valence-corrected chi connectivity index (χ3v) is 6.45. The van der Waals surface area contributed by atoms with Crippen molar-refractivity contribution in [1.82, 2.24) is 20.2 Å². The molecule has 1 aliphatic rings. The first-order valence-electron chi connectivity index (χ1n) is 9.84. The van der Waals surface area contributed by atoms with Crippen LogP contribution < -0.4 is 15.2 Å². The summed E-state index contributed by atoms with van der Waals surface area (Å²) in [6.45, 7) is 0. The van der Waals surface area contributed by atoms with E-state index in [1.165, 1.54) is 54.9 Å². The molecule has 2 unspecified atom stereocenters. The SMILES string of the molecule is CN1C(=O)C(c2ccc(OS(=O)(=O)C(F)(F)F)cc2)(c2ccc(-c3cncnc3)c(F)c2)NC1N.Cl. The smallest absolute Gasteiger partial charge is 0.376 e. The van der Waals surface area contributed by atoms with Gasteiger partial charge < -0.3 is 9.08 Å². The molecular formula is C21H18ClF4N5O4S. The van der Waals surface area contributed by atoms with Crippen LogP contribution in [0.1, 0.15) is 11.1 Å². The first-order valence-corrected chi connectivity index (χ1v) is 11.2. The van der Waals surface area contributed by atoms with Crippen molar-refractivity contribution in [3.8, 4) is 16.9 Å². The second-order valence-corrected chi connectivity index (χ2v) is 9.12. The highest BCUT2D eigenvalue weighted by atomic mass is 35.5. The number of amides is 1. The summed E-state index contributed by atoms with van der Waals surface area (Å²) >= 11 is 0. The number of hydrogen-bond donors (Lipinski definition) is 2. The number of benzene rings is 2. The molecule has 2 aromatic carbocycles. The van der Waals surface area contributed by atoms with Gasteiger partial charge in [-0.25, -0.2) is 14.4 Å². The number of rotatable bonds is 5. The van der Waals surface area contributed by atoms with E-state index >= 15 is 4.39 Å². The van der Waals surface area contributed by atoms with E-state index in [1.807, 2.05) is 0 Å². The van der Waals surface area contributed by atoms with Crippen molar-refractivity contribution in [1.29, 1.82) is 0 Å². The van der Waals surface area contributed by atoms with Crippen LogP contribution in [0.4, 0.5) is 17.6 Å². The van der Waals surface area contributed by atoms with Gasteiger partial charge in [0.25, 0.3) is 5.91 Å². The van der Waals surface area contributed by atoms with Crippen LogP contribution in [0.5, 0.6) is 5.75 Å². The Hall–Kier alpha value is -3.33. The molecule has 0 saturated carbocycles. The number of alkyl halides is 3. The number of carbonyl (C=O) groups excluding carboxylic acids is 1. The summed E-state index contributed by atoms with van der Waals surface area (Å²) in [5.74, 6) is -1.89. The van der Waals surface area contributed by atoms with Crippen molar-refractivity contribution in [2.75, 3.05) is 7.05 Å². The molecule has 1 saturated heterocycles. The summed E-state index contributed by atoms with van der Waals surface area (Å²) in [4.78, 5) is 22.2. The van der Waals surface area contributed by atoms with Crippen molar-refractivity contribution in [3.63, 3.8) is 0 Å². The van der Waals surface area contributed by atoms with Crippen LogP contribution in [0, 0.1) is 5.82 Å². The predicted octanol–water partition coefficient (Wildman–Crippen LogP) is 2.48. The molecule has 9 nitrogen and oxygen atoms in total. The second-order valence-electron chi connectivity index (χ2n) is 7.58. The van der Waals surface area contributed by atoms with Gasteiger partial charge in [0.05, 0.1) is 0 Å². The fraction of sp³-hybridized carbons (Fsp3) is 0.190. The summed E-state index contributed by atoms with van der Waals surface area (Å²) in [5.41, 5.74) is -0.457. The van der Waals surface area contributed by atoms with Crippen molar-refractivity contribution in [2.24, 2.45) is 5.73 Å². The lowest BCUT2D eigenvalue weighted by Crippen LogP contribution is -2.48. The van der Waals surface area contributed by atoms with Gasteiger partial charge in [0, 0.05) is 30.6 Å². The zero-order chi connectivity index (χ0) is 25.6. The third kappa shape index (κ3) is 4.59. The van der Waals surface area contributed by atoms with Gasteiger partial charge in [-0.1, -0.05) is 24.3 Å². The molecule has 1 fully saturated rings. The van der Waals surface area contributed by atoms with Crippen molar-refractivity contribution in [2.45, 2.75) is 17.3 Å². The largest absolute Gasteiger partial charge is 0.534 e. The average Bonchev–Trinajstić information content (AvgIpc) is 3.04. The highest BCUT2D eigenvalue weighted by Gasteiger charge is 2.52. The van der Waals surface area contributed by atoms with E-state index in [1.54, 1.807) is 0 Å². The molecular weight excluding hydrogens is 530 g/mol. The lowest BCUT2D eigenvalue weighted by Gasteiger charge is -2.29. The van der Waals surface area contributed by atoms with Crippen LogP contribution in [0.15, 0.2) is 61.2 Å². The summed E-state index contributed by atoms with van der Waals surface area (Å²) in [6.07, 6.45) is 3.14. The fourth-order valence-electron chi connectivity index (χ4n) is 3.71. The van der Waals surface area contributed by atoms with Gasteiger partial charge in [0.15, 0.2) is 5.54 Å². The first-order chi connectivity index (χ1) is 16.4. The quantitative estimate of drug-likeness (QED) is 0.283. The lowest BCUT2D eigenvalue weighted by molar-refractivity contribution is -0.131. The monoisotopic (exact) mass is 547 g/mol. The Bertz CT molecular complexity index is 1380. The van der Waals surface area contributed by atoms with Crippen LogP contribution in [0.25, 0.3) is 11.1 Å². The molecule has 0 radical (unpaired) electrons. The number of carbonyl (C=O) groups is 1. The van der Waals surface area contributed by atoms with Crippen LogP contribution in [0.2, 0.25) is 0 Å². The summed E-state index contributed by atoms with van der Waals surface area (Å²) in [5, 5.41) is 2.90. The number of nitrogens with one attached hydrogen (secondary N) is 1. The van der Waals surface area contributed by atoms with Gasteiger partial charge >= 0.3 is 15.6 Å². The van der Waals surface area contributed by atoms with E-state index in [-0.39, 0.29) is 29.1 Å². The standard InChI is InChI=1S/C21H17F4N5O4S.ClH/c1-30-18(31)20(29-19(30)26,13-2-5-15(6-3-13)34-35(32,33)21(23,24)25)14-4-7-16(17(22)8-14)12-9-27-11-28-10-12;/h2-11,19,29H,26H2,1H3;1H. The molecule has 3 aromatic rings. The zero-order valence-electron chi connectivity index (χ0n) is 18.2. The molecule has 3 N–H and O–H groups in total. The predicted molar refractivity (Wildman–Crippen MR) is 121 cm³/mol. The Morgan fingerprint density at radius 1 is 1.08 bits per heavy atom. The van der Waals surface area contributed by atoms with Gasteiger partial charge in [0.2, 0.25) is 0 Å². The number of nitrogens with zero attached hydrogens (tertiary/aromatic N) is 3. The lowest BCUT2D eigenvalue weighted by atomic mass is 9.82. The number of likely N-dealkylation sites (N-methyl/N-ethyl adjacent to an activating group) is 1. The maximum atomic E-state index is 15.1. The minimum absolute atomic E-state index is 0. The molecule has 1 aliphatic heterocycles. The van der Waals surface area contributed by atoms with Crippen LogP contribution in [0.3, 0.4) is 0 Å². The third-order valence-electron chi connectivity index (χ3n) is 5.47. The molecule has 1 aromatic heterocycles. The van der Waals surface area contributed by atoms with Gasteiger partial charge in [0.1, 0.15) is 24.2 Å². The molecule has 36 heavy (non-hydrogen) atoms. The summed E-state index contributed by atoms with van der Waals surface area (Å²) < 4.78 is 79.7. The summed E-state index contributed by atoms with van der Waals surface area (Å²) in [7, 11) is -4.47. The number of hydrogen-bond acceptors (Lipinski definition) is 8. The number of halogens is 5. The summed E-state index contributed by atoms with van der Waals surface area (Å²) in [6, 6.07) is 8.32. The van der Waals surface area contributed by atoms with E-state index < -0.39 is 44.9 Å². The van der Waals surface area contributed by atoms with Crippen molar-refractivity contribution in [3.05, 3.63) is 78.1 Å². The maximum absolute atomic E-state index is 15.1. The number of aromatic nitrogens is 2. The molecule has 4 rings (SSSR count). The molecule has 0 bridgehead atoms. The van der Waals surface area contributed by atoms with E-state index in [0.29, 0.717) is 5.56 Å². The molecule has 0 spiro atoms. The Morgan fingerprint density at radius 2 is 1.67 bits per heavy atom. The molecule has 1 amide bonds. The zero-order valence-corrected chi connectivity index (χ0v) is 19.9. The Labute approximate surface area is 208 Å². The van der Waals surface area contributed by atoms with Gasteiger partial charge in [-0.2, -0.15) is 21.6 Å². The van der Waals surface area contributed by atoms with Crippen molar-refractivity contribution < 1.29 is 35.0 Å². The van der Waals surface area contributed by atoms with Crippen LogP contribution in [-0.4, -0.2) is 48.0 Å². The Morgan fingerprint density at radius 3 is 2.17 bits per heavy atom. The van der Waals surface area contributed by atoms with Gasteiger partial charge in [-0.05, 0) is 29.3 Å². The number of nitrogens with two attached hydrogens (primary N) is 1. The molecule has 2 heterocycles. The minimum Gasteiger partial charge on any atom is -0.376 e. The minimum atomic E-state index is -5.89. The van der Waals surface area contributed by atoms with E-state index in [2.05, 4.69) is 19.5 Å². The van der Waals surface area contributed by atoms with Crippen LogP contribution in [-0.2, 0) is 20.5 Å². The topological polar surface area (TPSA) is 128 Å². The normalized spacial score (nSPS) is 20.2. The highest BCUT2D eigenvalue weighted by molar-refractivity contribution is 7.88. The van der Waals surface area contributed by atoms with Gasteiger partial charge in [-0.3, -0.25) is 15.8 Å². The Balaban J connectivity index is 0.00000361. The van der Waals surface area contributed by atoms with E-state index in [0.717, 1.165) is 18.2 Å². The molecule has 192 valence electrons. The van der Waals surface area contributed by atoms with Gasteiger partial charge in [-0.15, -0.1) is 12.4 Å². The second kappa shape index (κ2) is 9.61. The maximum Gasteiger partial charge on any atom is 0.534 e. The molecule has 2 atom stereocenters. The van der Waals surface area contributed by atoms with Crippen LogP contribution >= 0.6 is 12.4 Å². The highest BCUT2D eigenvalue weighted by Crippen LogP contribution is 2.38. The van der Waals surface area contributed by atoms with E-state index in [9.17, 15) is 26.4 Å². The van der Waals surface area contributed by atoms with E-state index in [4.69, 9.17) is 5.73 Å². The van der Waals surface area contributed by atoms with Crippen molar-refractivity contribution >= 4 is 28.4 Å².